The zero-order valence-corrected chi connectivity index (χ0v) is 6.45. The van der Waals surface area contributed by atoms with Crippen molar-refractivity contribution in [3.63, 3.8) is 0 Å². The second kappa shape index (κ2) is 10.7. The van der Waals surface area contributed by atoms with Gasteiger partial charge in [-0.2, -0.15) is 0 Å². The first-order valence-electron chi connectivity index (χ1n) is 1.79. The molecule has 0 saturated heterocycles. The first-order chi connectivity index (χ1) is 2.00. The van der Waals surface area contributed by atoms with Gasteiger partial charge in [0.25, 0.3) is 0 Å². The average Bonchev–Trinajstić information content (AvgIpc) is 0.722. The van der Waals surface area contributed by atoms with Crippen LogP contribution in [0, 0.1) is 0 Å². The van der Waals surface area contributed by atoms with E-state index in [-0.39, 0.29) is 21.9 Å². The van der Waals surface area contributed by atoms with Crippen molar-refractivity contribution in [2.24, 2.45) is 0 Å². The second-order valence-corrected chi connectivity index (χ2v) is 2.68. The van der Waals surface area contributed by atoms with Gasteiger partial charge in [0.05, 0.1) is 28.2 Å². The maximum Gasteiger partial charge on any atom is 0.0675 e. The Bertz CT molecular complexity index is 28.0. The minimum Gasteiger partial charge on any atom is -0.412 e. The molecule has 0 bridgehead atoms. The number of hydrogen-bond donors (Lipinski definition) is 0. The van der Waals surface area contributed by atoms with Crippen LogP contribution < -0.4 is 0 Å². The van der Waals surface area contributed by atoms with Gasteiger partial charge in [-0.05, 0) is 0 Å². The zero-order valence-electron chi connectivity index (χ0n) is 6.45. The van der Waals surface area contributed by atoms with Crippen molar-refractivity contribution in [2.45, 2.75) is 0 Å². The summed E-state index contributed by atoms with van der Waals surface area (Å²) in [6.45, 7) is 0. The van der Waals surface area contributed by atoms with E-state index in [0.29, 0.717) is 0 Å². The van der Waals surface area contributed by atoms with Crippen molar-refractivity contribution >= 4 is 0 Å². The lowest BCUT2D eigenvalue weighted by molar-refractivity contribution is -0.849. The summed E-state index contributed by atoms with van der Waals surface area (Å²) in [4.78, 5) is 0. The van der Waals surface area contributed by atoms with Crippen LogP contribution >= 0.6 is 0 Å². The molecule has 0 radical (unpaired) electrons. The molecule has 0 aliphatic rings. The van der Waals surface area contributed by atoms with Crippen LogP contribution in [-0.2, 0) is 0 Å². The van der Waals surface area contributed by atoms with Crippen molar-refractivity contribution in [3.05, 3.63) is 0 Å². The highest BCUT2D eigenvalue weighted by atomic mass is 16.0. The van der Waals surface area contributed by atoms with Crippen LogP contribution in [0.4, 0.5) is 0 Å². The minimum atomic E-state index is 0. The summed E-state index contributed by atoms with van der Waals surface area (Å²) in [5.74, 6) is 0. The fraction of sp³-hybridized carbons (Fsp3) is 1.00. The maximum atomic E-state index is 2.12. The molecule has 0 heterocycles. The van der Waals surface area contributed by atoms with E-state index in [1.165, 1.54) is 0 Å². The molecule has 0 aliphatic heterocycles. The molecule has 0 fully saturated rings. The summed E-state index contributed by atoms with van der Waals surface area (Å²) in [6.07, 6.45) is 0. The summed E-state index contributed by atoms with van der Waals surface area (Å²) in [6, 6.07) is 0. The van der Waals surface area contributed by atoms with Crippen molar-refractivity contribution in [2.75, 3.05) is 28.2 Å². The third-order valence-electron chi connectivity index (χ3n) is 0. The van der Waals surface area contributed by atoms with Crippen LogP contribution in [0.2, 0.25) is 0 Å². The van der Waals surface area contributed by atoms with Crippen molar-refractivity contribution in [1.29, 1.82) is 0 Å². The van der Waals surface area contributed by atoms with E-state index in [9.17, 15) is 0 Å². The molecule has 0 unspecified atom stereocenters. The number of quaternary nitrogens is 1. The number of rotatable bonds is 0. The van der Waals surface area contributed by atoms with E-state index in [0.717, 1.165) is 4.48 Å². The molecule has 0 rings (SSSR count). The molecule has 0 aliphatic carbocycles. The maximum absolute atomic E-state index is 2.12. The van der Waals surface area contributed by atoms with Crippen molar-refractivity contribution in [3.8, 4) is 0 Å². The quantitative estimate of drug-likeness (QED) is 0.323. The van der Waals surface area contributed by atoms with Crippen LogP contribution in [0.5, 0.6) is 0 Å². The summed E-state index contributed by atoms with van der Waals surface area (Å²) >= 11 is 0. The Hall–Kier alpha value is -0.200. The smallest absolute Gasteiger partial charge is 0.0675 e. The standard InChI is InChI=1S/C4H12N.4H2O/c1-5(2,3)4;;;;/h1-4H3;4*1H2/q+1;;;;. The van der Waals surface area contributed by atoms with Gasteiger partial charge in [-0.15, -0.1) is 0 Å². The van der Waals surface area contributed by atoms with Crippen LogP contribution in [0.15, 0.2) is 0 Å². The van der Waals surface area contributed by atoms with E-state index in [1.807, 2.05) is 0 Å². The molecule has 0 saturated carbocycles. The third-order valence-corrected chi connectivity index (χ3v) is 0. The Kier molecular flexibility index (Phi) is 44.2. The SMILES string of the molecule is C[N+](C)(C)C.O.O.O.O. The molecule has 5 nitrogen and oxygen atoms in total. The number of hydrogen-bond acceptors (Lipinski definition) is 0. The molecular weight excluding hydrogens is 126 g/mol. The summed E-state index contributed by atoms with van der Waals surface area (Å²) in [7, 11) is 8.50. The van der Waals surface area contributed by atoms with E-state index in [1.54, 1.807) is 0 Å². The van der Waals surface area contributed by atoms with Gasteiger partial charge in [0.1, 0.15) is 0 Å². The van der Waals surface area contributed by atoms with Gasteiger partial charge in [-0.1, -0.05) is 0 Å². The summed E-state index contributed by atoms with van der Waals surface area (Å²) in [5.41, 5.74) is 0. The van der Waals surface area contributed by atoms with Gasteiger partial charge < -0.3 is 26.4 Å². The van der Waals surface area contributed by atoms with Gasteiger partial charge in [-0.25, -0.2) is 0 Å². The van der Waals surface area contributed by atoms with E-state index < -0.39 is 0 Å². The largest absolute Gasteiger partial charge is 0.412 e. The van der Waals surface area contributed by atoms with Crippen LogP contribution in [-0.4, -0.2) is 54.6 Å². The number of nitrogens with zero attached hydrogens (tertiary/aromatic N) is 1. The molecular formula is C4H20NO4+. The highest BCUT2D eigenvalue weighted by molar-refractivity contribution is 3.87. The highest BCUT2D eigenvalue weighted by Crippen LogP contribution is 1.73. The highest BCUT2D eigenvalue weighted by Gasteiger charge is 1.88. The van der Waals surface area contributed by atoms with Crippen molar-refractivity contribution in [1.82, 2.24) is 0 Å². The molecule has 64 valence electrons. The predicted octanol–water partition coefficient (Wildman–Crippen LogP) is -2.98. The summed E-state index contributed by atoms with van der Waals surface area (Å²) in [5, 5.41) is 0. The van der Waals surface area contributed by atoms with Crippen molar-refractivity contribution < 1.29 is 26.4 Å². The Morgan fingerprint density at radius 3 is 0.556 bits per heavy atom. The Labute approximate surface area is 55.7 Å². The normalized spacial score (nSPS) is 6.67. The molecule has 9 heavy (non-hydrogen) atoms. The fourth-order valence-electron chi connectivity index (χ4n) is 0. The summed E-state index contributed by atoms with van der Waals surface area (Å²) < 4.78 is 1.00. The average molecular weight is 146 g/mol. The molecule has 5 heteroatoms. The van der Waals surface area contributed by atoms with Gasteiger partial charge in [0.15, 0.2) is 0 Å². The minimum absolute atomic E-state index is 0. The topological polar surface area (TPSA) is 126 Å². The lowest BCUT2D eigenvalue weighted by Gasteiger charge is -2.14. The zero-order chi connectivity index (χ0) is 4.50. The van der Waals surface area contributed by atoms with Crippen LogP contribution in [0.3, 0.4) is 0 Å². The van der Waals surface area contributed by atoms with Gasteiger partial charge >= 0.3 is 0 Å². The molecule has 0 aromatic rings. The lowest BCUT2D eigenvalue weighted by atomic mass is 10.8. The van der Waals surface area contributed by atoms with Gasteiger partial charge in [0, 0.05) is 0 Å². The molecule has 0 aromatic heterocycles. The predicted molar refractivity (Wildman–Crippen MR) is 38.4 cm³/mol. The monoisotopic (exact) mass is 146 g/mol. The van der Waals surface area contributed by atoms with E-state index >= 15 is 0 Å². The lowest BCUT2D eigenvalue weighted by Crippen LogP contribution is -2.27. The first-order valence-corrected chi connectivity index (χ1v) is 1.79. The second-order valence-electron chi connectivity index (χ2n) is 2.68. The van der Waals surface area contributed by atoms with Crippen LogP contribution in [0.1, 0.15) is 0 Å². The van der Waals surface area contributed by atoms with Gasteiger partial charge in [0.2, 0.25) is 0 Å². The van der Waals surface area contributed by atoms with E-state index in [2.05, 4.69) is 28.2 Å². The first kappa shape index (κ1) is 37.1. The van der Waals surface area contributed by atoms with Crippen LogP contribution in [0.25, 0.3) is 0 Å². The molecule has 0 spiro atoms. The molecule has 0 amide bonds. The van der Waals surface area contributed by atoms with Gasteiger partial charge in [-0.3, -0.25) is 0 Å². The Morgan fingerprint density at radius 2 is 0.556 bits per heavy atom. The molecule has 0 atom stereocenters. The third kappa shape index (κ3) is 6560. The molecule has 0 aromatic carbocycles. The molecule has 8 N–H and O–H groups in total. The Balaban J connectivity index is -0.0000000133. The van der Waals surface area contributed by atoms with E-state index in [4.69, 9.17) is 0 Å². The fourth-order valence-corrected chi connectivity index (χ4v) is 0. The Morgan fingerprint density at radius 1 is 0.556 bits per heavy atom.